The summed E-state index contributed by atoms with van der Waals surface area (Å²) in [5.74, 6) is 0.143. The standard InChI is InChI=1S/C16H26N2OS.ClH/c1-16(2,10-17)11-18(3)15(19)14-9-12-7-5-4-6-8-13(12)20-14;/h9H,4-8,10-11,17H2,1-3H3;1H. The average Bonchev–Trinajstić information content (AvgIpc) is 2.68. The van der Waals surface area contributed by atoms with Crippen molar-refractivity contribution in [3.63, 3.8) is 0 Å². The zero-order valence-electron chi connectivity index (χ0n) is 13.3. The van der Waals surface area contributed by atoms with Gasteiger partial charge in [0.2, 0.25) is 0 Å². The molecule has 0 aromatic carbocycles. The number of carbonyl (C=O) groups is 1. The van der Waals surface area contributed by atoms with Crippen LogP contribution in [-0.2, 0) is 12.8 Å². The van der Waals surface area contributed by atoms with Crippen molar-refractivity contribution in [2.24, 2.45) is 11.1 Å². The first kappa shape index (κ1) is 18.5. The molecule has 1 aromatic heterocycles. The van der Waals surface area contributed by atoms with E-state index in [-0.39, 0.29) is 23.7 Å². The highest BCUT2D eigenvalue weighted by molar-refractivity contribution is 7.14. The highest BCUT2D eigenvalue weighted by Gasteiger charge is 2.24. The molecule has 1 aromatic rings. The second-order valence-corrected chi connectivity index (χ2v) is 7.79. The van der Waals surface area contributed by atoms with E-state index >= 15 is 0 Å². The van der Waals surface area contributed by atoms with E-state index in [2.05, 4.69) is 19.9 Å². The molecule has 0 fully saturated rings. The van der Waals surface area contributed by atoms with Crippen LogP contribution in [0.4, 0.5) is 0 Å². The zero-order chi connectivity index (χ0) is 14.8. The summed E-state index contributed by atoms with van der Waals surface area (Å²) in [6.45, 7) is 5.48. The molecule has 1 amide bonds. The number of fused-ring (bicyclic) bond motifs is 1. The molecule has 0 radical (unpaired) electrons. The van der Waals surface area contributed by atoms with Gasteiger partial charge in [-0.2, -0.15) is 0 Å². The number of aryl methyl sites for hydroxylation is 2. The van der Waals surface area contributed by atoms with Crippen LogP contribution in [-0.4, -0.2) is 30.9 Å². The maximum atomic E-state index is 12.5. The third-order valence-corrected chi connectivity index (χ3v) is 5.25. The lowest BCUT2D eigenvalue weighted by Gasteiger charge is -2.28. The van der Waals surface area contributed by atoms with Crippen LogP contribution in [0.15, 0.2) is 6.07 Å². The van der Waals surface area contributed by atoms with Crippen molar-refractivity contribution >= 4 is 29.7 Å². The van der Waals surface area contributed by atoms with Gasteiger partial charge in [0.15, 0.2) is 0 Å². The number of hydrogen-bond donors (Lipinski definition) is 1. The summed E-state index contributed by atoms with van der Waals surface area (Å²) in [5.41, 5.74) is 7.13. The summed E-state index contributed by atoms with van der Waals surface area (Å²) in [5, 5.41) is 0. The largest absolute Gasteiger partial charge is 0.340 e. The first-order chi connectivity index (χ1) is 9.43. The molecule has 1 heterocycles. The van der Waals surface area contributed by atoms with Crippen LogP contribution in [0.5, 0.6) is 0 Å². The Bertz CT molecular complexity index is 461. The van der Waals surface area contributed by atoms with E-state index in [1.807, 2.05) is 11.9 Å². The Hall–Kier alpha value is -0.580. The molecule has 3 nitrogen and oxygen atoms in total. The summed E-state index contributed by atoms with van der Waals surface area (Å²) >= 11 is 1.70. The first-order valence-corrected chi connectivity index (χ1v) is 8.32. The molecule has 0 atom stereocenters. The molecule has 5 heteroatoms. The van der Waals surface area contributed by atoms with Gasteiger partial charge in [0, 0.05) is 18.5 Å². The van der Waals surface area contributed by atoms with Gasteiger partial charge in [-0.25, -0.2) is 0 Å². The lowest BCUT2D eigenvalue weighted by molar-refractivity contribution is 0.0745. The smallest absolute Gasteiger partial charge is 0.263 e. The van der Waals surface area contributed by atoms with Crippen molar-refractivity contribution in [1.82, 2.24) is 4.90 Å². The van der Waals surface area contributed by atoms with Gasteiger partial charge in [0.25, 0.3) is 5.91 Å². The van der Waals surface area contributed by atoms with Crippen LogP contribution in [0.3, 0.4) is 0 Å². The van der Waals surface area contributed by atoms with Crippen molar-refractivity contribution in [3.8, 4) is 0 Å². The lowest BCUT2D eigenvalue weighted by atomic mass is 9.93. The number of rotatable bonds is 4. The van der Waals surface area contributed by atoms with Crippen LogP contribution < -0.4 is 5.73 Å². The maximum Gasteiger partial charge on any atom is 0.263 e. The highest BCUT2D eigenvalue weighted by Crippen LogP contribution is 2.30. The first-order valence-electron chi connectivity index (χ1n) is 7.50. The van der Waals surface area contributed by atoms with E-state index in [1.54, 1.807) is 11.3 Å². The molecule has 120 valence electrons. The van der Waals surface area contributed by atoms with E-state index in [9.17, 15) is 4.79 Å². The number of carbonyl (C=O) groups excluding carboxylic acids is 1. The number of thiophene rings is 1. The Kier molecular flexibility index (Phi) is 6.70. The van der Waals surface area contributed by atoms with Crippen LogP contribution in [0.25, 0.3) is 0 Å². The monoisotopic (exact) mass is 330 g/mol. The molecule has 21 heavy (non-hydrogen) atoms. The third kappa shape index (κ3) is 4.70. The lowest BCUT2D eigenvalue weighted by Crippen LogP contribution is -2.39. The van der Waals surface area contributed by atoms with Crippen molar-refractivity contribution in [1.29, 1.82) is 0 Å². The number of amides is 1. The van der Waals surface area contributed by atoms with Crippen LogP contribution in [0.1, 0.15) is 53.2 Å². The average molecular weight is 331 g/mol. The topological polar surface area (TPSA) is 46.3 Å². The molecule has 2 N–H and O–H groups in total. The Morgan fingerprint density at radius 1 is 1.33 bits per heavy atom. The third-order valence-electron chi connectivity index (χ3n) is 4.02. The summed E-state index contributed by atoms with van der Waals surface area (Å²) in [6, 6.07) is 2.12. The van der Waals surface area contributed by atoms with Crippen molar-refractivity contribution in [3.05, 3.63) is 21.4 Å². The fraction of sp³-hybridized carbons (Fsp3) is 0.688. The molecule has 0 aliphatic heterocycles. The van der Waals surface area contributed by atoms with Gasteiger partial charge in [0.05, 0.1) is 4.88 Å². The van der Waals surface area contributed by atoms with Crippen LogP contribution in [0.2, 0.25) is 0 Å². The highest BCUT2D eigenvalue weighted by atomic mass is 35.5. The van der Waals surface area contributed by atoms with Crippen molar-refractivity contribution < 1.29 is 4.79 Å². The Labute approximate surface area is 138 Å². The van der Waals surface area contributed by atoms with E-state index in [1.165, 1.54) is 29.7 Å². The SMILES string of the molecule is CN(CC(C)(C)CN)C(=O)c1cc2c(s1)CCCCC2.Cl. The number of nitrogens with two attached hydrogens (primary N) is 1. The normalized spacial score (nSPS) is 14.9. The molecule has 0 saturated heterocycles. The van der Waals surface area contributed by atoms with Crippen molar-refractivity contribution in [2.75, 3.05) is 20.1 Å². The van der Waals surface area contributed by atoms with Crippen LogP contribution >= 0.6 is 23.7 Å². The minimum absolute atomic E-state index is 0. The second-order valence-electron chi connectivity index (χ2n) is 6.65. The Morgan fingerprint density at radius 3 is 2.67 bits per heavy atom. The summed E-state index contributed by atoms with van der Waals surface area (Å²) in [7, 11) is 1.88. The second kappa shape index (κ2) is 7.61. The van der Waals surface area contributed by atoms with E-state index in [0.29, 0.717) is 13.1 Å². The minimum atomic E-state index is -0.0290. The molecule has 0 unspecified atom stereocenters. The van der Waals surface area contributed by atoms with Crippen LogP contribution in [0, 0.1) is 5.41 Å². The van der Waals surface area contributed by atoms with Gasteiger partial charge in [-0.3, -0.25) is 4.79 Å². The zero-order valence-corrected chi connectivity index (χ0v) is 14.9. The molecule has 0 saturated carbocycles. The maximum absolute atomic E-state index is 12.5. The molecule has 1 aliphatic carbocycles. The fourth-order valence-corrected chi connectivity index (χ4v) is 3.99. The minimum Gasteiger partial charge on any atom is -0.340 e. The summed E-state index contributed by atoms with van der Waals surface area (Å²) < 4.78 is 0. The number of halogens is 1. The van der Waals surface area contributed by atoms with Gasteiger partial charge in [-0.1, -0.05) is 20.3 Å². The van der Waals surface area contributed by atoms with E-state index < -0.39 is 0 Å². The molecule has 1 aliphatic rings. The van der Waals surface area contributed by atoms with Gasteiger partial charge in [-0.05, 0) is 49.3 Å². The van der Waals surface area contributed by atoms with Gasteiger partial charge in [0.1, 0.15) is 0 Å². The molecular formula is C16H27ClN2OS. The van der Waals surface area contributed by atoms with Gasteiger partial charge >= 0.3 is 0 Å². The number of nitrogens with zero attached hydrogens (tertiary/aromatic N) is 1. The summed E-state index contributed by atoms with van der Waals surface area (Å²) in [4.78, 5) is 16.7. The van der Waals surface area contributed by atoms with Gasteiger partial charge in [-0.15, -0.1) is 23.7 Å². The van der Waals surface area contributed by atoms with E-state index in [0.717, 1.165) is 17.7 Å². The Morgan fingerprint density at radius 2 is 2.00 bits per heavy atom. The molecule has 2 rings (SSSR count). The molecular weight excluding hydrogens is 304 g/mol. The predicted octanol–water partition coefficient (Wildman–Crippen LogP) is 3.50. The van der Waals surface area contributed by atoms with Crippen molar-refractivity contribution in [2.45, 2.75) is 46.0 Å². The predicted molar refractivity (Wildman–Crippen MR) is 92.6 cm³/mol. The number of hydrogen-bond acceptors (Lipinski definition) is 3. The summed E-state index contributed by atoms with van der Waals surface area (Å²) in [6.07, 6.45) is 6.11. The molecule has 0 spiro atoms. The molecule has 0 bridgehead atoms. The fourth-order valence-electron chi connectivity index (χ4n) is 2.74. The van der Waals surface area contributed by atoms with E-state index in [4.69, 9.17) is 5.73 Å². The van der Waals surface area contributed by atoms with Gasteiger partial charge < -0.3 is 10.6 Å². The quantitative estimate of drug-likeness (QED) is 0.859. The Balaban J connectivity index is 0.00000220.